The van der Waals surface area contributed by atoms with Gasteiger partial charge in [0.1, 0.15) is 0 Å². The summed E-state index contributed by atoms with van der Waals surface area (Å²) in [5, 5.41) is 8.94. The number of aliphatic carboxylic acids is 1. The number of aromatic nitrogens is 1. The molecule has 1 fully saturated rings. The van der Waals surface area contributed by atoms with Crippen molar-refractivity contribution in [1.82, 2.24) is 9.47 Å². The van der Waals surface area contributed by atoms with E-state index >= 15 is 0 Å². The van der Waals surface area contributed by atoms with Gasteiger partial charge in [0.05, 0.1) is 5.92 Å². The number of piperidine rings is 1. The summed E-state index contributed by atoms with van der Waals surface area (Å²) in [6.45, 7) is 5.16. The van der Waals surface area contributed by atoms with Crippen LogP contribution < -0.4 is 4.87 Å². The second-order valence-electron chi connectivity index (χ2n) is 5.40. The largest absolute Gasteiger partial charge is 0.481 e. The van der Waals surface area contributed by atoms with Crippen molar-refractivity contribution in [2.75, 3.05) is 13.1 Å². The third-order valence-corrected chi connectivity index (χ3v) is 5.12. The predicted molar refractivity (Wildman–Crippen MR) is 79.6 cm³/mol. The van der Waals surface area contributed by atoms with Crippen molar-refractivity contribution in [3.63, 3.8) is 0 Å². The van der Waals surface area contributed by atoms with Gasteiger partial charge in [-0.1, -0.05) is 11.3 Å². The molecule has 116 valence electrons. The van der Waals surface area contributed by atoms with Crippen LogP contribution in [0.5, 0.6) is 0 Å². The maximum absolute atomic E-state index is 12.1. The third-order valence-electron chi connectivity index (χ3n) is 4.12. The van der Waals surface area contributed by atoms with Gasteiger partial charge in [0.2, 0.25) is 5.91 Å². The minimum absolute atomic E-state index is 0.00556. The molecule has 6 nitrogen and oxygen atoms in total. The number of aryl methyl sites for hydroxylation is 1. The lowest BCUT2D eigenvalue weighted by atomic mass is 9.97. The van der Waals surface area contributed by atoms with E-state index in [-0.39, 0.29) is 23.1 Å². The molecule has 0 spiro atoms. The molecule has 1 aromatic heterocycles. The van der Waals surface area contributed by atoms with Crippen LogP contribution in [0.25, 0.3) is 0 Å². The molecule has 2 rings (SSSR count). The average Bonchev–Trinajstić information content (AvgIpc) is 2.70. The number of rotatable bonds is 4. The van der Waals surface area contributed by atoms with Gasteiger partial charge in [-0.25, -0.2) is 0 Å². The SMILES string of the molecule is Cc1sc(=O)n(CCC(=O)N2CCC(C(=O)O)CC2)c1C. The molecule has 1 aliphatic rings. The number of hydrogen-bond acceptors (Lipinski definition) is 4. The van der Waals surface area contributed by atoms with Crippen LogP contribution in [-0.4, -0.2) is 39.5 Å². The molecular weight excluding hydrogens is 292 g/mol. The van der Waals surface area contributed by atoms with Crippen molar-refractivity contribution in [1.29, 1.82) is 0 Å². The van der Waals surface area contributed by atoms with E-state index in [9.17, 15) is 14.4 Å². The minimum Gasteiger partial charge on any atom is -0.481 e. The molecule has 1 saturated heterocycles. The van der Waals surface area contributed by atoms with Crippen LogP contribution in [-0.2, 0) is 16.1 Å². The first-order chi connectivity index (χ1) is 9.90. The Bertz CT molecular complexity index is 597. The molecule has 1 amide bonds. The van der Waals surface area contributed by atoms with E-state index in [4.69, 9.17) is 5.11 Å². The summed E-state index contributed by atoms with van der Waals surface area (Å²) in [7, 11) is 0. The van der Waals surface area contributed by atoms with E-state index in [2.05, 4.69) is 0 Å². The van der Waals surface area contributed by atoms with Gasteiger partial charge in [-0.05, 0) is 26.7 Å². The first-order valence-electron chi connectivity index (χ1n) is 7.07. The molecular formula is C14H20N2O4S. The van der Waals surface area contributed by atoms with Crippen molar-refractivity contribution in [3.8, 4) is 0 Å². The summed E-state index contributed by atoms with van der Waals surface area (Å²) in [5.41, 5.74) is 0.919. The zero-order valence-corrected chi connectivity index (χ0v) is 13.1. The highest BCUT2D eigenvalue weighted by Gasteiger charge is 2.26. The highest BCUT2D eigenvalue weighted by molar-refractivity contribution is 7.09. The van der Waals surface area contributed by atoms with Crippen LogP contribution in [0.1, 0.15) is 29.8 Å². The number of hydrogen-bond donors (Lipinski definition) is 1. The number of carboxylic acids is 1. The molecule has 0 unspecified atom stereocenters. The Balaban J connectivity index is 1.88. The second-order valence-corrected chi connectivity index (χ2v) is 6.57. The number of carbonyl (C=O) groups is 2. The lowest BCUT2D eigenvalue weighted by Crippen LogP contribution is -2.40. The molecule has 1 N–H and O–H groups in total. The van der Waals surface area contributed by atoms with Gasteiger partial charge in [-0.3, -0.25) is 14.4 Å². The Morgan fingerprint density at radius 2 is 1.90 bits per heavy atom. The smallest absolute Gasteiger partial charge is 0.307 e. The van der Waals surface area contributed by atoms with Crippen LogP contribution in [0.3, 0.4) is 0 Å². The van der Waals surface area contributed by atoms with Gasteiger partial charge in [0, 0.05) is 36.6 Å². The van der Waals surface area contributed by atoms with Crippen molar-refractivity contribution in [3.05, 3.63) is 20.2 Å². The molecule has 0 aliphatic carbocycles. The standard InChI is InChI=1S/C14H20N2O4S/c1-9-10(2)21-14(20)16(9)8-5-12(17)15-6-3-11(4-7-15)13(18)19/h11H,3-8H2,1-2H3,(H,18,19). The second kappa shape index (κ2) is 6.43. The third kappa shape index (κ3) is 3.53. The maximum Gasteiger partial charge on any atom is 0.307 e. The summed E-state index contributed by atoms with van der Waals surface area (Å²) >= 11 is 1.20. The van der Waals surface area contributed by atoms with Crippen molar-refractivity contribution in [2.45, 2.75) is 39.7 Å². The summed E-state index contributed by atoms with van der Waals surface area (Å²) in [6, 6.07) is 0. The van der Waals surface area contributed by atoms with E-state index in [1.54, 1.807) is 9.47 Å². The van der Waals surface area contributed by atoms with Crippen molar-refractivity contribution in [2.24, 2.45) is 5.92 Å². The Kier molecular flexibility index (Phi) is 4.82. The molecule has 0 radical (unpaired) electrons. The fraction of sp³-hybridized carbons (Fsp3) is 0.643. The van der Waals surface area contributed by atoms with Gasteiger partial charge in [0.25, 0.3) is 0 Å². The van der Waals surface area contributed by atoms with E-state index in [1.807, 2.05) is 13.8 Å². The van der Waals surface area contributed by atoms with Crippen LogP contribution in [0.2, 0.25) is 0 Å². The Labute approximate surface area is 127 Å². The lowest BCUT2D eigenvalue weighted by Gasteiger charge is -2.30. The molecule has 0 bridgehead atoms. The number of likely N-dealkylation sites (tertiary alicyclic amines) is 1. The average molecular weight is 312 g/mol. The first kappa shape index (κ1) is 15.8. The summed E-state index contributed by atoms with van der Waals surface area (Å²) in [6.07, 6.45) is 1.31. The fourth-order valence-corrected chi connectivity index (χ4v) is 3.45. The Morgan fingerprint density at radius 1 is 1.29 bits per heavy atom. The van der Waals surface area contributed by atoms with Crippen LogP contribution in [0.4, 0.5) is 0 Å². The van der Waals surface area contributed by atoms with Crippen LogP contribution in [0, 0.1) is 19.8 Å². The van der Waals surface area contributed by atoms with Gasteiger partial charge < -0.3 is 14.6 Å². The number of nitrogens with zero attached hydrogens (tertiary/aromatic N) is 2. The summed E-state index contributed by atoms with van der Waals surface area (Å²) in [4.78, 5) is 37.4. The van der Waals surface area contributed by atoms with Gasteiger partial charge >= 0.3 is 10.8 Å². The van der Waals surface area contributed by atoms with Crippen molar-refractivity contribution >= 4 is 23.2 Å². The zero-order chi connectivity index (χ0) is 15.6. The summed E-state index contributed by atoms with van der Waals surface area (Å²) < 4.78 is 1.64. The number of thiazole rings is 1. The molecule has 0 saturated carbocycles. The predicted octanol–water partition coefficient (Wildman–Crippen LogP) is 1.24. The Morgan fingerprint density at radius 3 is 2.38 bits per heavy atom. The Hall–Kier alpha value is -1.63. The molecule has 1 aliphatic heterocycles. The van der Waals surface area contributed by atoms with E-state index in [0.29, 0.717) is 32.5 Å². The van der Waals surface area contributed by atoms with Crippen LogP contribution in [0.15, 0.2) is 4.79 Å². The van der Waals surface area contributed by atoms with E-state index in [1.165, 1.54) is 11.3 Å². The van der Waals surface area contributed by atoms with Gasteiger partial charge in [-0.2, -0.15) is 0 Å². The van der Waals surface area contributed by atoms with Gasteiger partial charge in [0.15, 0.2) is 0 Å². The van der Waals surface area contributed by atoms with Crippen molar-refractivity contribution < 1.29 is 14.7 Å². The zero-order valence-electron chi connectivity index (χ0n) is 12.3. The van der Waals surface area contributed by atoms with E-state index in [0.717, 1.165) is 10.6 Å². The highest BCUT2D eigenvalue weighted by atomic mass is 32.1. The minimum atomic E-state index is -0.780. The molecule has 21 heavy (non-hydrogen) atoms. The topological polar surface area (TPSA) is 79.6 Å². The normalized spacial score (nSPS) is 16.2. The maximum atomic E-state index is 12.1. The fourth-order valence-electron chi connectivity index (χ4n) is 2.59. The summed E-state index contributed by atoms with van der Waals surface area (Å²) in [5.74, 6) is -1.12. The number of amides is 1. The first-order valence-corrected chi connectivity index (χ1v) is 7.89. The molecule has 0 atom stereocenters. The molecule has 2 heterocycles. The number of carbonyl (C=O) groups excluding carboxylic acids is 1. The van der Waals surface area contributed by atoms with E-state index < -0.39 is 5.97 Å². The highest BCUT2D eigenvalue weighted by Crippen LogP contribution is 2.18. The molecule has 1 aromatic rings. The van der Waals surface area contributed by atoms with Crippen LogP contribution >= 0.6 is 11.3 Å². The van der Waals surface area contributed by atoms with Gasteiger partial charge in [-0.15, -0.1) is 0 Å². The molecule has 0 aromatic carbocycles. The monoisotopic (exact) mass is 312 g/mol. The lowest BCUT2D eigenvalue weighted by molar-refractivity contribution is -0.145. The number of carboxylic acid groups (broad SMARTS) is 1. The quantitative estimate of drug-likeness (QED) is 0.907. The molecule has 7 heteroatoms.